The Morgan fingerprint density at radius 3 is 2.56 bits per heavy atom. The van der Waals surface area contributed by atoms with E-state index in [-0.39, 0.29) is 13.2 Å². The molecule has 1 fully saturated rings. The van der Waals surface area contributed by atoms with Gasteiger partial charge in [-0.2, -0.15) is 0 Å². The lowest BCUT2D eigenvalue weighted by Gasteiger charge is -2.10. The molecule has 1 aromatic rings. The molecule has 0 bridgehead atoms. The Morgan fingerprint density at radius 1 is 1.39 bits per heavy atom. The van der Waals surface area contributed by atoms with Gasteiger partial charge in [-0.05, 0) is 5.56 Å². The first kappa shape index (κ1) is 13.1. The number of alkyl halides is 3. The normalized spacial score (nSPS) is 24.4. The molecule has 6 heteroatoms. The van der Waals surface area contributed by atoms with Crippen molar-refractivity contribution < 1.29 is 18.3 Å². The number of rotatable bonds is 4. The number of hydrogen-bond acceptors (Lipinski definition) is 2. The van der Waals surface area contributed by atoms with E-state index >= 15 is 0 Å². The van der Waals surface area contributed by atoms with E-state index in [1.165, 1.54) is 0 Å². The fourth-order valence-electron chi connectivity index (χ4n) is 1.49. The van der Waals surface area contributed by atoms with E-state index in [0.29, 0.717) is 0 Å². The van der Waals surface area contributed by atoms with Crippen LogP contribution < -0.4 is 5.32 Å². The zero-order valence-corrected chi connectivity index (χ0v) is 10.2. The van der Waals surface area contributed by atoms with Crippen molar-refractivity contribution in [2.24, 2.45) is 0 Å². The molecule has 0 spiro atoms. The van der Waals surface area contributed by atoms with Crippen LogP contribution in [0, 0.1) is 0 Å². The fourth-order valence-corrected chi connectivity index (χ4v) is 1.72. The largest absolute Gasteiger partial charge is 0.445 e. The summed E-state index contributed by atoms with van der Waals surface area (Å²) < 4.78 is 30.4. The van der Waals surface area contributed by atoms with E-state index in [1.54, 1.807) is 12.1 Å². The monoisotopic (exact) mass is 275 g/mol. The number of hydrogen-bond donors (Lipinski definition) is 1. The Balaban J connectivity index is 1.71. The van der Waals surface area contributed by atoms with Gasteiger partial charge in [0, 0.05) is 13.0 Å². The summed E-state index contributed by atoms with van der Waals surface area (Å²) in [6, 6.07) is 9.07. The minimum atomic E-state index is -2.90. The maximum absolute atomic E-state index is 12.8. The molecule has 2 rings (SSSR count). The minimum absolute atomic E-state index is 0.0956. The number of halogens is 3. The van der Waals surface area contributed by atoms with Crippen molar-refractivity contribution in [2.45, 2.75) is 23.8 Å². The van der Waals surface area contributed by atoms with Gasteiger partial charge in [-0.15, -0.1) is 11.6 Å². The van der Waals surface area contributed by atoms with Gasteiger partial charge in [-0.25, -0.2) is 13.6 Å². The molecule has 1 aromatic carbocycles. The van der Waals surface area contributed by atoms with Gasteiger partial charge < -0.3 is 10.1 Å². The molecule has 1 unspecified atom stereocenters. The molecular weight excluding hydrogens is 264 g/mol. The van der Waals surface area contributed by atoms with Crippen LogP contribution in [0.25, 0.3) is 0 Å². The van der Waals surface area contributed by atoms with Crippen LogP contribution in [0.5, 0.6) is 0 Å². The summed E-state index contributed by atoms with van der Waals surface area (Å²) >= 11 is 5.58. The quantitative estimate of drug-likeness (QED) is 0.858. The Morgan fingerprint density at radius 2 is 2.00 bits per heavy atom. The van der Waals surface area contributed by atoms with Gasteiger partial charge in [-0.3, -0.25) is 0 Å². The standard InChI is InChI=1S/C12H12ClF2NO2/c13-11(7-12(11,14)15)8-16-10(17)18-6-9-4-2-1-3-5-9/h1-5H,6-8H2,(H,16,17). The van der Waals surface area contributed by atoms with E-state index in [1.807, 2.05) is 18.2 Å². The molecule has 1 N–H and O–H groups in total. The Labute approximate surface area is 108 Å². The summed E-state index contributed by atoms with van der Waals surface area (Å²) in [4.78, 5) is 9.62. The molecule has 3 nitrogen and oxygen atoms in total. The van der Waals surface area contributed by atoms with Crippen LogP contribution in [0.4, 0.5) is 13.6 Å². The summed E-state index contributed by atoms with van der Waals surface area (Å²) in [5.41, 5.74) is 0.824. The molecule has 0 radical (unpaired) electrons. The molecule has 0 heterocycles. The Kier molecular flexibility index (Phi) is 3.43. The molecule has 1 aliphatic rings. The number of carbonyl (C=O) groups is 1. The minimum Gasteiger partial charge on any atom is -0.445 e. The van der Waals surface area contributed by atoms with Crippen LogP contribution in [0.3, 0.4) is 0 Å². The first-order valence-corrected chi connectivity index (χ1v) is 5.82. The van der Waals surface area contributed by atoms with Crippen molar-refractivity contribution in [1.82, 2.24) is 5.32 Å². The number of nitrogens with one attached hydrogen (secondary N) is 1. The third-order valence-corrected chi connectivity index (χ3v) is 3.30. The van der Waals surface area contributed by atoms with Gasteiger partial charge >= 0.3 is 6.09 Å². The second kappa shape index (κ2) is 4.72. The van der Waals surface area contributed by atoms with Gasteiger partial charge in [0.05, 0.1) is 0 Å². The zero-order valence-electron chi connectivity index (χ0n) is 9.46. The predicted octanol–water partition coefficient (Wildman–Crippen LogP) is 2.93. The molecule has 18 heavy (non-hydrogen) atoms. The number of alkyl carbamates (subject to hydrolysis) is 1. The SMILES string of the molecule is O=C(NCC1(Cl)CC1(F)F)OCc1ccccc1. The van der Waals surface area contributed by atoms with E-state index in [4.69, 9.17) is 16.3 Å². The van der Waals surface area contributed by atoms with Gasteiger partial charge in [0.15, 0.2) is 0 Å². The van der Waals surface area contributed by atoms with Gasteiger partial charge in [-0.1, -0.05) is 30.3 Å². The van der Waals surface area contributed by atoms with Crippen LogP contribution in [0.1, 0.15) is 12.0 Å². The van der Waals surface area contributed by atoms with Crippen molar-refractivity contribution >= 4 is 17.7 Å². The van der Waals surface area contributed by atoms with Crippen LogP contribution in [0.2, 0.25) is 0 Å². The Hall–Kier alpha value is -1.36. The first-order valence-electron chi connectivity index (χ1n) is 5.44. The lowest BCUT2D eigenvalue weighted by molar-refractivity contribution is 0.102. The van der Waals surface area contributed by atoms with Gasteiger partial charge in [0.2, 0.25) is 0 Å². The summed E-state index contributed by atoms with van der Waals surface area (Å²) in [7, 11) is 0. The molecular formula is C12H12ClF2NO2. The summed E-state index contributed by atoms with van der Waals surface area (Å²) in [5, 5.41) is 2.24. The summed E-state index contributed by atoms with van der Waals surface area (Å²) in [6.45, 7) is -0.201. The van der Waals surface area contributed by atoms with Crippen LogP contribution >= 0.6 is 11.6 Å². The predicted molar refractivity (Wildman–Crippen MR) is 62.8 cm³/mol. The summed E-state index contributed by atoms with van der Waals surface area (Å²) in [6.07, 6.45) is -1.16. The highest BCUT2D eigenvalue weighted by molar-refractivity contribution is 6.27. The number of amides is 1. The molecule has 0 aromatic heterocycles. The maximum atomic E-state index is 12.8. The zero-order chi connectivity index (χ0) is 13.2. The molecule has 98 valence electrons. The third kappa shape index (κ3) is 2.90. The van der Waals surface area contributed by atoms with Gasteiger partial charge in [0.1, 0.15) is 11.5 Å². The second-order valence-electron chi connectivity index (χ2n) is 4.26. The number of ether oxygens (including phenoxy) is 1. The highest BCUT2D eigenvalue weighted by Crippen LogP contribution is 2.57. The molecule has 1 aliphatic carbocycles. The number of benzene rings is 1. The fraction of sp³-hybridized carbons (Fsp3) is 0.417. The molecule has 1 saturated carbocycles. The second-order valence-corrected chi connectivity index (χ2v) is 4.99. The van der Waals surface area contributed by atoms with Crippen LogP contribution in [0.15, 0.2) is 30.3 Å². The van der Waals surface area contributed by atoms with E-state index in [9.17, 15) is 13.6 Å². The van der Waals surface area contributed by atoms with Crippen molar-refractivity contribution in [1.29, 1.82) is 0 Å². The van der Waals surface area contributed by atoms with E-state index in [2.05, 4.69) is 5.32 Å². The average molecular weight is 276 g/mol. The maximum Gasteiger partial charge on any atom is 0.407 e. The highest BCUT2D eigenvalue weighted by atomic mass is 35.5. The van der Waals surface area contributed by atoms with Crippen molar-refractivity contribution in [3.63, 3.8) is 0 Å². The lowest BCUT2D eigenvalue weighted by Crippen LogP contribution is -2.34. The average Bonchev–Trinajstić information content (AvgIpc) is 2.85. The van der Waals surface area contributed by atoms with Crippen LogP contribution in [-0.4, -0.2) is 23.4 Å². The number of carbonyl (C=O) groups excluding carboxylic acids is 1. The highest BCUT2D eigenvalue weighted by Gasteiger charge is 2.70. The van der Waals surface area contributed by atoms with Crippen molar-refractivity contribution in [3.8, 4) is 0 Å². The lowest BCUT2D eigenvalue weighted by atomic mass is 10.2. The summed E-state index contributed by atoms with van der Waals surface area (Å²) in [5.74, 6) is -2.90. The molecule has 0 saturated heterocycles. The third-order valence-electron chi connectivity index (χ3n) is 2.76. The molecule has 0 aliphatic heterocycles. The molecule has 1 atom stereocenters. The first-order chi connectivity index (χ1) is 8.43. The van der Waals surface area contributed by atoms with Crippen molar-refractivity contribution in [3.05, 3.63) is 35.9 Å². The van der Waals surface area contributed by atoms with E-state index in [0.717, 1.165) is 5.56 Å². The van der Waals surface area contributed by atoms with Gasteiger partial charge in [0.25, 0.3) is 5.92 Å². The van der Waals surface area contributed by atoms with E-state index < -0.39 is 23.3 Å². The smallest absolute Gasteiger partial charge is 0.407 e. The Bertz CT molecular complexity index is 441. The topological polar surface area (TPSA) is 38.3 Å². The molecule has 1 amide bonds. The van der Waals surface area contributed by atoms with Crippen LogP contribution in [-0.2, 0) is 11.3 Å². The van der Waals surface area contributed by atoms with Crippen molar-refractivity contribution in [2.75, 3.05) is 6.54 Å².